The van der Waals surface area contributed by atoms with Crippen molar-refractivity contribution in [2.24, 2.45) is 9.98 Å². The van der Waals surface area contributed by atoms with Crippen LogP contribution in [0.1, 0.15) is 97.5 Å². The molecule has 68 heavy (non-hydrogen) atoms. The number of aryl methyl sites for hydroxylation is 4. The molecule has 0 bridgehead atoms. The minimum Gasteiger partial charge on any atom is -0.663 e. The van der Waals surface area contributed by atoms with Crippen LogP contribution in [-0.2, 0) is 45.3 Å². The molecule has 6 rings (SSSR count). The number of rotatable bonds is 12. The first-order valence-corrected chi connectivity index (χ1v) is 20.5. The minimum atomic E-state index is -0.638. The summed E-state index contributed by atoms with van der Waals surface area (Å²) >= 11 is 0. The molecule has 2 aromatic carbocycles. The molecule has 16 nitrogen and oxygen atoms in total. The monoisotopic (exact) mass is 955 g/mol. The summed E-state index contributed by atoms with van der Waals surface area (Å²) in [7, 11) is 0. The molecule has 4 aromatic rings. The van der Waals surface area contributed by atoms with Crippen LogP contribution >= 0.6 is 0 Å². The molecule has 0 saturated carbocycles. The van der Waals surface area contributed by atoms with Gasteiger partial charge in [0.15, 0.2) is 13.2 Å². The molecule has 0 fully saturated rings. The average Bonchev–Trinajstić information content (AvgIpc) is 4.04. The molecule has 0 amide bonds. The maximum atomic E-state index is 12.7. The molecule has 17 heteroatoms. The van der Waals surface area contributed by atoms with Crippen LogP contribution in [0, 0.1) is 77.3 Å². The topological polar surface area (TPSA) is 214 Å². The summed E-state index contributed by atoms with van der Waals surface area (Å²) in [4.78, 5) is 74.5. The van der Waals surface area contributed by atoms with E-state index < -0.39 is 23.9 Å². The van der Waals surface area contributed by atoms with Crippen molar-refractivity contribution in [3.05, 3.63) is 172 Å². The van der Waals surface area contributed by atoms with Gasteiger partial charge in [-0.15, -0.1) is 17.1 Å². The van der Waals surface area contributed by atoms with Gasteiger partial charge in [-0.2, -0.15) is 16.7 Å². The molecular formula is C51H44CoN8O8. The van der Waals surface area contributed by atoms with E-state index in [1.165, 1.54) is 12.4 Å². The Morgan fingerprint density at radius 3 is 1.87 bits per heavy atom. The van der Waals surface area contributed by atoms with Crippen molar-refractivity contribution in [2.45, 2.75) is 62.3 Å². The Hall–Kier alpha value is -8.35. The number of nitriles is 2. The van der Waals surface area contributed by atoms with Gasteiger partial charge in [0.2, 0.25) is 0 Å². The van der Waals surface area contributed by atoms with E-state index in [1.807, 2.05) is 57.2 Å². The van der Waals surface area contributed by atoms with Gasteiger partial charge in [0.05, 0.1) is 28.3 Å². The van der Waals surface area contributed by atoms with Crippen LogP contribution in [0.4, 0.5) is 0 Å². The Labute approximate surface area is 404 Å². The van der Waals surface area contributed by atoms with E-state index in [-0.39, 0.29) is 54.6 Å². The number of ether oxygens (including phenoxy) is 4. The first-order chi connectivity index (χ1) is 32.0. The van der Waals surface area contributed by atoms with Crippen molar-refractivity contribution in [1.82, 2.24) is 9.97 Å². The third-order valence-electron chi connectivity index (χ3n) is 10.7. The van der Waals surface area contributed by atoms with Crippen molar-refractivity contribution in [2.75, 3.05) is 26.7 Å². The van der Waals surface area contributed by atoms with Crippen molar-refractivity contribution < 1.29 is 54.9 Å². The Morgan fingerprint density at radius 1 is 0.691 bits per heavy atom. The molecule has 0 N–H and O–H groups in total. The Balaban J connectivity index is 0.000000295. The third kappa shape index (κ3) is 11.0. The summed E-state index contributed by atoms with van der Waals surface area (Å²) in [5, 5.41) is 17.5. The van der Waals surface area contributed by atoms with E-state index in [0.29, 0.717) is 78.7 Å². The minimum absolute atomic E-state index is 0. The molecule has 345 valence electrons. The SMILES string of the molecule is [C-]#[N+]COC(=O)c1c(C)[n-]c(/C(=C2\N=C(C)C(C(=O)OCC#N)=C2C)c2c(C)cc(C)cc2C)c1C.[C-]#[N+]COC(=O)c1c[n-]c(/C(=C2\N=CC(C(=O)OCC#N)=C2C)c2ccccc2)c1C.[Co+2]. The van der Waals surface area contributed by atoms with Gasteiger partial charge in [0.25, 0.3) is 0 Å². The second-order valence-corrected chi connectivity index (χ2v) is 15.2. The standard InChI is InChI=1S/C28H28N4O4.C23H18N4O4.Co/c1-14-11-15(2)21(16(3)12-14)24(25-17(4)22(19(6)31-25)27(33)35-10-9-29)26-18(5)23(20(7)32-26)28(34)36-13-30-8;1-14-17(22(28)30-10-9-24)11-26-20(14)19(16-7-5-4-6-8-16)21-15(2)18(12-27-21)23(29)31-13-25-3;/h11-12H,10,13H2,1-7H3,(H,31,32,33,34);4-8,11-12H,10,13H2,1-2H3,(H,26,27,28,29);/q;;+2/p-2. The van der Waals surface area contributed by atoms with Gasteiger partial charge < -0.3 is 28.9 Å². The first kappa shape index (κ1) is 52.3. The number of allylic oxidation sites excluding steroid dienone is 2. The number of esters is 4. The number of carbonyl (C=O) groups excluding carboxylic acids is 4. The fourth-order valence-electron chi connectivity index (χ4n) is 7.89. The summed E-state index contributed by atoms with van der Waals surface area (Å²) < 4.78 is 20.0. The third-order valence-corrected chi connectivity index (χ3v) is 10.7. The summed E-state index contributed by atoms with van der Waals surface area (Å²) in [5.74, 6) is -2.50. The number of aromatic nitrogens is 2. The molecule has 0 saturated heterocycles. The summed E-state index contributed by atoms with van der Waals surface area (Å²) in [6, 6.07) is 17.0. The smallest absolute Gasteiger partial charge is 0.663 e. The number of carbonyl (C=O) groups is 4. The predicted molar refractivity (Wildman–Crippen MR) is 247 cm³/mol. The van der Waals surface area contributed by atoms with Crippen LogP contribution in [0.3, 0.4) is 0 Å². The number of nitrogens with zero attached hydrogens (tertiary/aromatic N) is 8. The predicted octanol–water partition coefficient (Wildman–Crippen LogP) is 8.05. The summed E-state index contributed by atoms with van der Waals surface area (Å²) in [6.07, 6.45) is 2.80. The summed E-state index contributed by atoms with van der Waals surface area (Å²) in [5.41, 5.74) is 12.7. The van der Waals surface area contributed by atoms with E-state index in [4.69, 9.17) is 52.6 Å². The normalized spacial score (nSPS) is 13.9. The zero-order valence-electron chi connectivity index (χ0n) is 38.7. The van der Waals surface area contributed by atoms with Gasteiger partial charge in [0.1, 0.15) is 12.1 Å². The molecule has 4 heterocycles. The van der Waals surface area contributed by atoms with Crippen LogP contribution in [0.25, 0.3) is 20.8 Å². The molecule has 0 aliphatic carbocycles. The molecule has 0 spiro atoms. The molecular weight excluding hydrogens is 912 g/mol. The van der Waals surface area contributed by atoms with Crippen molar-refractivity contribution in [3.8, 4) is 12.1 Å². The Morgan fingerprint density at radius 2 is 1.28 bits per heavy atom. The first-order valence-electron chi connectivity index (χ1n) is 20.5. The second kappa shape index (κ2) is 23.2. The molecule has 1 radical (unpaired) electrons. The molecule has 0 atom stereocenters. The van der Waals surface area contributed by atoms with Crippen molar-refractivity contribution in [3.63, 3.8) is 0 Å². The molecule has 2 aliphatic heterocycles. The summed E-state index contributed by atoms with van der Waals surface area (Å²) in [6.45, 7) is 28.7. The molecule has 0 unspecified atom stereocenters. The van der Waals surface area contributed by atoms with Crippen LogP contribution < -0.4 is 9.97 Å². The van der Waals surface area contributed by atoms with Crippen LogP contribution in [0.5, 0.6) is 0 Å². The zero-order valence-corrected chi connectivity index (χ0v) is 39.7. The zero-order chi connectivity index (χ0) is 49.1. The van der Waals surface area contributed by atoms with Crippen molar-refractivity contribution >= 4 is 46.9 Å². The van der Waals surface area contributed by atoms with E-state index in [9.17, 15) is 19.2 Å². The molecule has 2 aliphatic rings. The van der Waals surface area contributed by atoms with Crippen LogP contribution in [-0.4, -0.2) is 62.5 Å². The van der Waals surface area contributed by atoms with Gasteiger partial charge in [-0.05, 0) is 99.9 Å². The van der Waals surface area contributed by atoms with Gasteiger partial charge >= 0.3 is 54.1 Å². The number of benzene rings is 2. The maximum absolute atomic E-state index is 12.7. The maximum Gasteiger partial charge on any atom is 2.00 e. The Kier molecular flexibility index (Phi) is 17.8. The fraction of sp³-hybridized carbons (Fsp3) is 0.255. The van der Waals surface area contributed by atoms with E-state index in [2.05, 4.69) is 31.8 Å². The fourth-order valence-corrected chi connectivity index (χ4v) is 7.89. The average molecular weight is 956 g/mol. The Bertz CT molecular complexity index is 3060. The quantitative estimate of drug-likeness (QED) is 0.0749. The molecule has 2 aromatic heterocycles. The van der Waals surface area contributed by atoms with Crippen molar-refractivity contribution in [1.29, 1.82) is 10.5 Å². The van der Waals surface area contributed by atoms with Gasteiger partial charge in [-0.25, -0.2) is 32.3 Å². The van der Waals surface area contributed by atoms with Crippen LogP contribution in [0.15, 0.2) is 92.3 Å². The van der Waals surface area contributed by atoms with E-state index in [1.54, 1.807) is 47.6 Å². The second-order valence-electron chi connectivity index (χ2n) is 15.2. The van der Waals surface area contributed by atoms with Gasteiger partial charge in [0, 0.05) is 17.3 Å². The van der Waals surface area contributed by atoms with Gasteiger partial charge in [-0.1, -0.05) is 66.1 Å². The largest absolute Gasteiger partial charge is 2.00 e. The van der Waals surface area contributed by atoms with E-state index in [0.717, 1.165) is 27.8 Å². The number of aliphatic imine (C=N–C) groups is 2. The van der Waals surface area contributed by atoms with E-state index >= 15 is 0 Å². The van der Waals surface area contributed by atoms with Gasteiger partial charge in [-0.3, -0.25) is 19.7 Å². The van der Waals surface area contributed by atoms with Crippen LogP contribution in [0.2, 0.25) is 0 Å². The number of hydrogen-bond donors (Lipinski definition) is 0. The number of hydrogen-bond acceptors (Lipinski definition) is 12.